The molecule has 0 unspecified atom stereocenters. The van der Waals surface area contributed by atoms with Gasteiger partial charge in [-0.3, -0.25) is 4.79 Å². The van der Waals surface area contributed by atoms with Gasteiger partial charge in [-0.25, -0.2) is 13.4 Å². The Labute approximate surface area is 201 Å². The highest BCUT2D eigenvalue weighted by Gasteiger charge is 2.52. The van der Waals surface area contributed by atoms with Crippen LogP contribution in [0.1, 0.15) is 68.4 Å². The fourth-order valence-electron chi connectivity index (χ4n) is 5.45. The first kappa shape index (κ1) is 23.5. The fraction of sp³-hybridized carbons (Fsp3) is 0.615. The minimum atomic E-state index is -3.50. The Balaban J connectivity index is 1.56. The average Bonchev–Trinajstić information content (AvgIpc) is 3.73. The summed E-state index contributed by atoms with van der Waals surface area (Å²) in [5.41, 5.74) is -0.278. The normalized spacial score (nSPS) is 27.6. The number of hydrogen-bond donors (Lipinski definition) is 1. The van der Waals surface area contributed by atoms with Gasteiger partial charge in [-0.05, 0) is 75.7 Å². The first-order chi connectivity index (χ1) is 16.1. The molecule has 1 aromatic heterocycles. The summed E-state index contributed by atoms with van der Waals surface area (Å²) in [6, 6.07) is 9.46. The summed E-state index contributed by atoms with van der Waals surface area (Å²) in [6.07, 6.45) is 7.58. The number of aromatic nitrogens is 2. The van der Waals surface area contributed by atoms with E-state index in [-0.39, 0.29) is 5.03 Å². The number of sulfone groups is 1. The summed E-state index contributed by atoms with van der Waals surface area (Å²) in [5, 5.41) is 10.4. The van der Waals surface area contributed by atoms with E-state index in [1.807, 2.05) is 37.3 Å². The van der Waals surface area contributed by atoms with E-state index in [4.69, 9.17) is 9.72 Å². The van der Waals surface area contributed by atoms with Crippen molar-refractivity contribution in [1.82, 2.24) is 9.55 Å². The van der Waals surface area contributed by atoms with Crippen LogP contribution in [0.2, 0.25) is 0 Å². The second kappa shape index (κ2) is 8.48. The monoisotopic (exact) mass is 486 g/mol. The molecule has 1 aromatic carbocycles. The molecule has 0 radical (unpaired) electrons. The molecule has 0 atom stereocenters. The van der Waals surface area contributed by atoms with Gasteiger partial charge in [-0.1, -0.05) is 30.3 Å². The van der Waals surface area contributed by atoms with Gasteiger partial charge in [0.05, 0.1) is 17.7 Å². The van der Waals surface area contributed by atoms with Gasteiger partial charge in [-0.15, -0.1) is 0 Å². The van der Waals surface area contributed by atoms with Gasteiger partial charge in [0.2, 0.25) is 0 Å². The quantitative estimate of drug-likeness (QED) is 0.570. The Morgan fingerprint density at radius 3 is 2.24 bits per heavy atom. The highest BCUT2D eigenvalue weighted by atomic mass is 32.2. The molecule has 0 bridgehead atoms. The van der Waals surface area contributed by atoms with Gasteiger partial charge in [0.1, 0.15) is 11.4 Å². The molecule has 3 aliphatic rings. The Hall–Kier alpha value is -2.19. The van der Waals surface area contributed by atoms with Crippen molar-refractivity contribution in [2.24, 2.45) is 11.8 Å². The maximum absolute atomic E-state index is 12.6. The van der Waals surface area contributed by atoms with Crippen LogP contribution in [0, 0.1) is 18.8 Å². The van der Waals surface area contributed by atoms with E-state index in [9.17, 15) is 18.3 Å². The first-order valence-corrected chi connectivity index (χ1v) is 14.2. The average molecular weight is 487 g/mol. The molecule has 0 spiro atoms. The van der Waals surface area contributed by atoms with Crippen LogP contribution in [0.4, 0.5) is 0 Å². The number of rotatable bonds is 9. The minimum Gasteiger partial charge on any atom is -0.481 e. The van der Waals surface area contributed by atoms with Crippen LogP contribution in [0.15, 0.2) is 35.4 Å². The zero-order valence-electron chi connectivity index (χ0n) is 20.0. The fourth-order valence-corrected chi connectivity index (χ4v) is 6.35. The Kier molecular flexibility index (Phi) is 5.88. The molecule has 3 fully saturated rings. The molecule has 8 heteroatoms. The van der Waals surface area contributed by atoms with Crippen molar-refractivity contribution in [2.45, 2.75) is 80.9 Å². The summed E-state index contributed by atoms with van der Waals surface area (Å²) in [4.78, 5) is 17.3. The molecule has 1 N–H and O–H groups in total. The summed E-state index contributed by atoms with van der Waals surface area (Å²) in [5.74, 6) is 0.916. The largest absolute Gasteiger partial charge is 0.481 e. The minimum absolute atomic E-state index is 0.121. The molecule has 184 valence electrons. The van der Waals surface area contributed by atoms with Crippen molar-refractivity contribution in [3.63, 3.8) is 0 Å². The Bertz CT molecular complexity index is 1170. The number of hydrogen-bond acceptors (Lipinski definition) is 5. The molecule has 3 aliphatic carbocycles. The molecule has 0 aliphatic heterocycles. The number of aliphatic carboxylic acids is 1. The van der Waals surface area contributed by atoms with E-state index < -0.39 is 26.8 Å². The van der Waals surface area contributed by atoms with Crippen LogP contribution in [0.3, 0.4) is 0 Å². The lowest BCUT2D eigenvalue weighted by molar-refractivity contribution is -0.151. The SMILES string of the molecule is Cc1c(S(C)(=O)=O)nc([C@]2(OCC3CC3)CC[C@@](C(=O)O)(c3ccccc3)CC2)n1CC1CC1. The third-order valence-corrected chi connectivity index (χ3v) is 9.10. The van der Waals surface area contributed by atoms with Gasteiger partial charge in [-0.2, -0.15) is 0 Å². The second-order valence-corrected chi connectivity index (χ2v) is 12.6. The van der Waals surface area contributed by atoms with Gasteiger partial charge in [0.25, 0.3) is 0 Å². The number of carboxylic acids is 1. The lowest BCUT2D eigenvalue weighted by atomic mass is 9.65. The van der Waals surface area contributed by atoms with Crippen molar-refractivity contribution >= 4 is 15.8 Å². The third kappa shape index (κ3) is 4.31. The van der Waals surface area contributed by atoms with E-state index >= 15 is 0 Å². The molecule has 0 amide bonds. The molecule has 3 saturated carbocycles. The molecule has 2 aromatic rings. The maximum atomic E-state index is 12.6. The van der Waals surface area contributed by atoms with Crippen molar-refractivity contribution in [1.29, 1.82) is 0 Å². The smallest absolute Gasteiger partial charge is 0.314 e. The van der Waals surface area contributed by atoms with E-state index in [1.165, 1.54) is 6.26 Å². The van der Waals surface area contributed by atoms with E-state index in [1.54, 1.807) is 0 Å². The van der Waals surface area contributed by atoms with Crippen molar-refractivity contribution < 1.29 is 23.1 Å². The van der Waals surface area contributed by atoms with Crippen LogP contribution >= 0.6 is 0 Å². The predicted octanol–water partition coefficient (Wildman–Crippen LogP) is 4.22. The molecule has 7 nitrogen and oxygen atoms in total. The highest BCUT2D eigenvalue weighted by molar-refractivity contribution is 7.90. The third-order valence-electron chi connectivity index (χ3n) is 8.01. The standard InChI is InChI=1S/C26H34N2O5S/c1-18-22(34(2,31)32)27-23(28(18)16-19-8-9-19)26(33-17-20-10-11-20)14-12-25(13-15-26,24(29)30)21-6-4-3-5-7-21/h3-7,19-20H,8-17H2,1-2H3,(H,29,30)/t25-,26-. The van der Waals surface area contributed by atoms with Crippen LogP contribution in [0.5, 0.6) is 0 Å². The second-order valence-electron chi connectivity index (χ2n) is 10.7. The molecule has 5 rings (SSSR count). The van der Waals surface area contributed by atoms with Crippen molar-refractivity contribution in [3.05, 3.63) is 47.4 Å². The van der Waals surface area contributed by atoms with Crippen LogP contribution in [0.25, 0.3) is 0 Å². The number of carbonyl (C=O) groups is 1. The maximum Gasteiger partial charge on any atom is 0.314 e. The number of nitrogens with zero attached hydrogens (tertiary/aromatic N) is 2. The highest BCUT2D eigenvalue weighted by Crippen LogP contribution is 2.50. The number of ether oxygens (including phenoxy) is 1. The van der Waals surface area contributed by atoms with Gasteiger partial charge < -0.3 is 14.4 Å². The van der Waals surface area contributed by atoms with Crippen LogP contribution in [-0.4, -0.2) is 41.9 Å². The predicted molar refractivity (Wildman–Crippen MR) is 127 cm³/mol. The molecule has 0 saturated heterocycles. The van der Waals surface area contributed by atoms with Gasteiger partial charge in [0.15, 0.2) is 14.9 Å². The summed E-state index contributed by atoms with van der Waals surface area (Å²) in [6.45, 7) is 3.17. The zero-order chi connectivity index (χ0) is 24.1. The zero-order valence-corrected chi connectivity index (χ0v) is 20.8. The molecular weight excluding hydrogens is 452 g/mol. The number of imidazole rings is 1. The number of benzene rings is 1. The lowest BCUT2D eigenvalue weighted by Crippen LogP contribution is -2.47. The van der Waals surface area contributed by atoms with Crippen LogP contribution in [-0.2, 0) is 36.9 Å². The topological polar surface area (TPSA) is 98.5 Å². The summed E-state index contributed by atoms with van der Waals surface area (Å²) in [7, 11) is -3.50. The molecule has 1 heterocycles. The van der Waals surface area contributed by atoms with Gasteiger partial charge >= 0.3 is 5.97 Å². The molecular formula is C26H34N2O5S. The Morgan fingerprint density at radius 1 is 1.09 bits per heavy atom. The van der Waals surface area contributed by atoms with Crippen LogP contribution < -0.4 is 0 Å². The van der Waals surface area contributed by atoms with E-state index in [0.717, 1.165) is 37.8 Å². The summed E-state index contributed by atoms with van der Waals surface area (Å²) < 4.78 is 33.8. The van der Waals surface area contributed by atoms with E-state index in [2.05, 4.69) is 4.57 Å². The van der Waals surface area contributed by atoms with Crippen molar-refractivity contribution in [2.75, 3.05) is 12.9 Å². The first-order valence-electron chi connectivity index (χ1n) is 12.4. The summed E-state index contributed by atoms with van der Waals surface area (Å²) >= 11 is 0. The van der Waals surface area contributed by atoms with Gasteiger partial charge in [0, 0.05) is 12.8 Å². The van der Waals surface area contributed by atoms with Crippen molar-refractivity contribution in [3.8, 4) is 0 Å². The number of carboxylic acid groups (broad SMARTS) is 1. The Morgan fingerprint density at radius 2 is 1.71 bits per heavy atom. The lowest BCUT2D eigenvalue weighted by Gasteiger charge is -2.44. The molecule has 34 heavy (non-hydrogen) atoms. The van der Waals surface area contributed by atoms with E-state index in [0.29, 0.717) is 55.6 Å².